The third-order valence-corrected chi connectivity index (χ3v) is 3.29. The Morgan fingerprint density at radius 2 is 2.32 bits per heavy atom. The van der Waals surface area contributed by atoms with Crippen molar-refractivity contribution in [3.05, 3.63) is 29.3 Å². The Kier molecular flexibility index (Phi) is 4.27. The molecule has 1 aliphatic rings. The number of amides is 2. The largest absolute Gasteiger partial charge is 0.491 e. The topological polar surface area (TPSA) is 67.6 Å². The maximum Gasteiger partial charge on any atom is 0.317 e. The van der Waals surface area contributed by atoms with E-state index in [1.54, 1.807) is 4.90 Å². The second kappa shape index (κ2) is 5.93. The van der Waals surface area contributed by atoms with Crippen molar-refractivity contribution in [3.8, 4) is 5.75 Å². The first-order chi connectivity index (χ1) is 9.08. The lowest BCUT2D eigenvalue weighted by Crippen LogP contribution is -2.31. The lowest BCUT2D eigenvalue weighted by molar-refractivity contribution is 0.202. The molecule has 1 atom stereocenters. The number of nitrogens with one attached hydrogen (secondary N) is 1. The highest BCUT2D eigenvalue weighted by Gasteiger charge is 2.18. The van der Waals surface area contributed by atoms with Crippen LogP contribution in [-0.2, 0) is 0 Å². The van der Waals surface area contributed by atoms with E-state index in [0.29, 0.717) is 13.2 Å². The van der Waals surface area contributed by atoms with Crippen LogP contribution in [0.5, 0.6) is 5.75 Å². The van der Waals surface area contributed by atoms with Gasteiger partial charge in [0.25, 0.3) is 0 Å². The molecule has 0 bridgehead atoms. The summed E-state index contributed by atoms with van der Waals surface area (Å²) in [5.74, 6) is 0.851. The van der Waals surface area contributed by atoms with Crippen LogP contribution >= 0.6 is 0 Å². The summed E-state index contributed by atoms with van der Waals surface area (Å²) >= 11 is 0. The van der Waals surface area contributed by atoms with Crippen LogP contribution in [0.4, 0.5) is 4.79 Å². The number of hydrogen-bond donors (Lipinski definition) is 2. The zero-order valence-corrected chi connectivity index (χ0v) is 11.5. The SMILES string of the molecule is Cc1cc([C@@H](C)N)ccc1OCCN1CCNC1=O. The van der Waals surface area contributed by atoms with Gasteiger partial charge in [0.2, 0.25) is 0 Å². The van der Waals surface area contributed by atoms with Gasteiger partial charge in [-0.05, 0) is 31.0 Å². The Bertz CT molecular complexity index is 460. The van der Waals surface area contributed by atoms with Crippen molar-refractivity contribution in [1.29, 1.82) is 0 Å². The molecule has 1 heterocycles. The fourth-order valence-electron chi connectivity index (χ4n) is 2.11. The van der Waals surface area contributed by atoms with Gasteiger partial charge in [0.15, 0.2) is 0 Å². The van der Waals surface area contributed by atoms with Gasteiger partial charge in [-0.15, -0.1) is 0 Å². The molecule has 0 aliphatic carbocycles. The minimum absolute atomic E-state index is 0.00683. The Labute approximate surface area is 113 Å². The number of aryl methyl sites for hydroxylation is 1. The number of urea groups is 1. The quantitative estimate of drug-likeness (QED) is 0.844. The van der Waals surface area contributed by atoms with E-state index in [1.165, 1.54) is 0 Å². The molecule has 1 fully saturated rings. The normalized spacial score (nSPS) is 16.4. The Hall–Kier alpha value is -1.75. The van der Waals surface area contributed by atoms with E-state index in [9.17, 15) is 4.79 Å². The summed E-state index contributed by atoms with van der Waals surface area (Å²) in [7, 11) is 0. The van der Waals surface area contributed by atoms with E-state index < -0.39 is 0 Å². The van der Waals surface area contributed by atoms with Gasteiger partial charge in [-0.25, -0.2) is 4.79 Å². The molecule has 1 aliphatic heterocycles. The van der Waals surface area contributed by atoms with Gasteiger partial charge >= 0.3 is 6.03 Å². The first kappa shape index (κ1) is 13.7. The molecule has 0 radical (unpaired) electrons. The smallest absolute Gasteiger partial charge is 0.317 e. The van der Waals surface area contributed by atoms with E-state index in [1.807, 2.05) is 32.0 Å². The molecule has 2 rings (SSSR count). The van der Waals surface area contributed by atoms with Crippen molar-refractivity contribution in [1.82, 2.24) is 10.2 Å². The van der Waals surface area contributed by atoms with E-state index in [2.05, 4.69) is 5.32 Å². The highest BCUT2D eigenvalue weighted by molar-refractivity contribution is 5.76. The van der Waals surface area contributed by atoms with Crippen molar-refractivity contribution >= 4 is 6.03 Å². The molecule has 0 saturated carbocycles. The summed E-state index contributed by atoms with van der Waals surface area (Å²) < 4.78 is 5.72. The lowest BCUT2D eigenvalue weighted by atomic mass is 10.1. The molecule has 0 unspecified atom stereocenters. The van der Waals surface area contributed by atoms with Crippen molar-refractivity contribution in [2.75, 3.05) is 26.2 Å². The molecule has 1 aromatic carbocycles. The molecule has 1 saturated heterocycles. The van der Waals surface area contributed by atoms with Gasteiger partial charge in [0, 0.05) is 19.1 Å². The van der Waals surface area contributed by atoms with Crippen LogP contribution in [0.15, 0.2) is 18.2 Å². The maximum atomic E-state index is 11.3. The second-order valence-electron chi connectivity index (χ2n) is 4.88. The van der Waals surface area contributed by atoms with E-state index >= 15 is 0 Å². The van der Waals surface area contributed by atoms with Gasteiger partial charge < -0.3 is 20.7 Å². The fourth-order valence-corrected chi connectivity index (χ4v) is 2.11. The molecule has 5 heteroatoms. The first-order valence-electron chi connectivity index (χ1n) is 6.59. The van der Waals surface area contributed by atoms with Crippen LogP contribution < -0.4 is 15.8 Å². The van der Waals surface area contributed by atoms with Crippen LogP contribution in [0.2, 0.25) is 0 Å². The van der Waals surface area contributed by atoms with Crippen LogP contribution in [0, 0.1) is 6.92 Å². The Morgan fingerprint density at radius 3 is 2.89 bits per heavy atom. The molecule has 2 amide bonds. The molecule has 19 heavy (non-hydrogen) atoms. The molecular weight excluding hydrogens is 242 g/mol. The summed E-state index contributed by atoms with van der Waals surface area (Å²) in [6, 6.07) is 5.99. The molecular formula is C14H21N3O2. The van der Waals surface area contributed by atoms with Crippen LogP contribution in [0.3, 0.4) is 0 Å². The lowest BCUT2D eigenvalue weighted by Gasteiger charge is -2.16. The third-order valence-electron chi connectivity index (χ3n) is 3.29. The van der Waals surface area contributed by atoms with Crippen LogP contribution in [0.1, 0.15) is 24.1 Å². The number of carbonyl (C=O) groups is 1. The summed E-state index contributed by atoms with van der Waals surface area (Å²) in [5.41, 5.74) is 8.01. The van der Waals surface area contributed by atoms with Crippen molar-refractivity contribution in [2.45, 2.75) is 19.9 Å². The summed E-state index contributed by atoms with van der Waals surface area (Å²) in [4.78, 5) is 13.1. The Morgan fingerprint density at radius 1 is 1.53 bits per heavy atom. The number of ether oxygens (including phenoxy) is 1. The molecule has 0 spiro atoms. The van der Waals surface area contributed by atoms with E-state index in [-0.39, 0.29) is 12.1 Å². The number of nitrogens with zero attached hydrogens (tertiary/aromatic N) is 1. The zero-order valence-electron chi connectivity index (χ0n) is 11.5. The number of nitrogens with two attached hydrogens (primary N) is 1. The summed E-state index contributed by atoms with van der Waals surface area (Å²) in [6.07, 6.45) is 0. The summed E-state index contributed by atoms with van der Waals surface area (Å²) in [6.45, 7) is 6.56. The number of rotatable bonds is 5. The summed E-state index contributed by atoms with van der Waals surface area (Å²) in [5, 5.41) is 2.77. The maximum absolute atomic E-state index is 11.3. The monoisotopic (exact) mass is 263 g/mol. The van der Waals surface area contributed by atoms with Crippen LogP contribution in [-0.4, -0.2) is 37.2 Å². The third kappa shape index (κ3) is 3.38. The van der Waals surface area contributed by atoms with E-state index in [4.69, 9.17) is 10.5 Å². The molecule has 5 nitrogen and oxygen atoms in total. The van der Waals surface area contributed by atoms with Gasteiger partial charge in [0.05, 0.1) is 6.54 Å². The molecule has 3 N–H and O–H groups in total. The van der Waals surface area contributed by atoms with Crippen LogP contribution in [0.25, 0.3) is 0 Å². The Balaban J connectivity index is 1.87. The van der Waals surface area contributed by atoms with Crippen molar-refractivity contribution in [2.24, 2.45) is 5.73 Å². The minimum Gasteiger partial charge on any atom is -0.491 e. The van der Waals surface area contributed by atoms with Gasteiger partial charge in [-0.1, -0.05) is 12.1 Å². The fraction of sp³-hybridized carbons (Fsp3) is 0.500. The average molecular weight is 263 g/mol. The van der Waals surface area contributed by atoms with Gasteiger partial charge in [-0.2, -0.15) is 0 Å². The predicted molar refractivity (Wildman–Crippen MR) is 74.2 cm³/mol. The average Bonchev–Trinajstić information content (AvgIpc) is 2.77. The molecule has 104 valence electrons. The van der Waals surface area contributed by atoms with Crippen molar-refractivity contribution in [3.63, 3.8) is 0 Å². The molecule has 0 aromatic heterocycles. The molecule has 1 aromatic rings. The minimum atomic E-state index is -0.00683. The first-order valence-corrected chi connectivity index (χ1v) is 6.59. The van der Waals surface area contributed by atoms with Crippen molar-refractivity contribution < 1.29 is 9.53 Å². The number of hydrogen-bond acceptors (Lipinski definition) is 3. The van der Waals surface area contributed by atoms with Gasteiger partial charge in [-0.3, -0.25) is 0 Å². The highest BCUT2D eigenvalue weighted by atomic mass is 16.5. The second-order valence-corrected chi connectivity index (χ2v) is 4.88. The highest BCUT2D eigenvalue weighted by Crippen LogP contribution is 2.21. The zero-order chi connectivity index (χ0) is 13.8. The standard InChI is InChI=1S/C14H21N3O2/c1-10-9-12(11(2)15)3-4-13(10)19-8-7-17-6-5-16-14(17)18/h3-4,9,11H,5-8,15H2,1-2H3,(H,16,18)/t11-/m1/s1. The van der Waals surface area contributed by atoms with Gasteiger partial charge in [0.1, 0.15) is 12.4 Å². The number of carbonyl (C=O) groups excluding carboxylic acids is 1. The number of benzene rings is 1. The van der Waals surface area contributed by atoms with E-state index in [0.717, 1.165) is 30.0 Å². The predicted octanol–water partition coefficient (Wildman–Crippen LogP) is 1.42.